The zero-order valence-electron chi connectivity index (χ0n) is 17.1. The van der Waals surface area contributed by atoms with Crippen LogP contribution in [-0.2, 0) is 27.1 Å². The lowest BCUT2D eigenvalue weighted by Crippen LogP contribution is -2.37. The van der Waals surface area contributed by atoms with E-state index in [2.05, 4.69) is 15.5 Å². The lowest BCUT2D eigenvalue weighted by molar-refractivity contribution is 0.687. The predicted molar refractivity (Wildman–Crippen MR) is 123 cm³/mol. The monoisotopic (exact) mass is 436 g/mol. The minimum atomic E-state index is -0.434. The van der Waals surface area contributed by atoms with E-state index in [1.807, 2.05) is 48.5 Å². The Balaban J connectivity index is 1.76. The van der Waals surface area contributed by atoms with Crippen LogP contribution in [0.4, 0.5) is 5.95 Å². The highest BCUT2D eigenvalue weighted by molar-refractivity contribution is 6.33. The molecule has 158 valence electrons. The standard InChI is InChI=1S/C22H21ClN6O2/c1-27-19-18(20(30)28(2)22(27)31)29(13-12-15-8-4-3-5-9-15)21(25-19)26-24-14-16-10-6-7-11-17(16)23/h3-11,14H,12-13H2,1-2H3,(H,25,26). The molecule has 2 aromatic heterocycles. The molecule has 4 rings (SSSR count). The maximum Gasteiger partial charge on any atom is 0.332 e. The molecular formula is C22H21ClN6O2. The molecule has 0 aliphatic heterocycles. The number of aromatic nitrogens is 4. The highest BCUT2D eigenvalue weighted by Gasteiger charge is 2.19. The van der Waals surface area contributed by atoms with E-state index in [9.17, 15) is 9.59 Å². The third kappa shape index (κ3) is 4.02. The number of nitrogens with one attached hydrogen (secondary N) is 1. The van der Waals surface area contributed by atoms with Gasteiger partial charge >= 0.3 is 5.69 Å². The van der Waals surface area contributed by atoms with Crippen LogP contribution >= 0.6 is 11.6 Å². The first-order valence-electron chi connectivity index (χ1n) is 9.71. The van der Waals surface area contributed by atoms with E-state index in [-0.39, 0.29) is 0 Å². The summed E-state index contributed by atoms with van der Waals surface area (Å²) in [5.74, 6) is 0.368. The number of imidazole rings is 1. The molecule has 8 nitrogen and oxygen atoms in total. The first kappa shape index (κ1) is 20.6. The maximum absolute atomic E-state index is 12.9. The van der Waals surface area contributed by atoms with Gasteiger partial charge in [0.15, 0.2) is 11.2 Å². The van der Waals surface area contributed by atoms with E-state index in [1.54, 1.807) is 23.9 Å². The van der Waals surface area contributed by atoms with Crippen molar-refractivity contribution in [3.63, 3.8) is 0 Å². The SMILES string of the molecule is Cn1c(=O)c2c(nc(NN=Cc3ccccc3Cl)n2CCc2ccccc2)n(C)c1=O. The summed E-state index contributed by atoms with van der Waals surface area (Å²) in [7, 11) is 3.05. The molecule has 0 amide bonds. The van der Waals surface area contributed by atoms with Crippen molar-refractivity contribution in [3.05, 3.63) is 91.6 Å². The quantitative estimate of drug-likeness (QED) is 0.372. The minimum absolute atomic E-state index is 0.302. The molecule has 0 spiro atoms. The van der Waals surface area contributed by atoms with Crippen molar-refractivity contribution in [3.8, 4) is 0 Å². The lowest BCUT2D eigenvalue weighted by Gasteiger charge is -2.09. The molecule has 0 saturated heterocycles. The molecule has 9 heteroatoms. The van der Waals surface area contributed by atoms with Gasteiger partial charge in [0.25, 0.3) is 5.56 Å². The maximum atomic E-state index is 12.9. The van der Waals surface area contributed by atoms with Gasteiger partial charge in [0.1, 0.15) is 0 Å². The second-order valence-electron chi connectivity index (χ2n) is 7.09. The Bertz CT molecular complexity index is 1390. The molecule has 2 heterocycles. The smallest absolute Gasteiger partial charge is 0.303 e. The largest absolute Gasteiger partial charge is 0.332 e. The van der Waals surface area contributed by atoms with Gasteiger partial charge in [0.2, 0.25) is 5.95 Å². The summed E-state index contributed by atoms with van der Waals surface area (Å²) in [5.41, 5.74) is 4.58. The summed E-state index contributed by atoms with van der Waals surface area (Å²) in [4.78, 5) is 29.7. The van der Waals surface area contributed by atoms with Crippen molar-refractivity contribution in [2.45, 2.75) is 13.0 Å². The Kier molecular flexibility index (Phi) is 5.73. The number of halogens is 1. The van der Waals surface area contributed by atoms with Gasteiger partial charge in [-0.05, 0) is 18.1 Å². The van der Waals surface area contributed by atoms with Crippen molar-refractivity contribution in [2.24, 2.45) is 19.2 Å². The Morgan fingerprint density at radius 1 is 1.03 bits per heavy atom. The number of fused-ring (bicyclic) bond motifs is 1. The van der Waals surface area contributed by atoms with Crippen LogP contribution in [0.15, 0.2) is 69.3 Å². The van der Waals surface area contributed by atoms with Gasteiger partial charge < -0.3 is 4.57 Å². The summed E-state index contributed by atoms with van der Waals surface area (Å²) < 4.78 is 4.20. The number of hydrogen-bond donors (Lipinski definition) is 1. The van der Waals surface area contributed by atoms with Gasteiger partial charge in [0.05, 0.1) is 6.21 Å². The van der Waals surface area contributed by atoms with Gasteiger partial charge in [-0.2, -0.15) is 10.1 Å². The summed E-state index contributed by atoms with van der Waals surface area (Å²) in [6.45, 7) is 0.484. The molecule has 0 unspecified atom stereocenters. The first-order valence-corrected chi connectivity index (χ1v) is 10.1. The number of rotatable bonds is 6. The van der Waals surface area contributed by atoms with E-state index in [1.165, 1.54) is 11.6 Å². The summed E-state index contributed by atoms with van der Waals surface area (Å²) >= 11 is 6.17. The van der Waals surface area contributed by atoms with Crippen LogP contribution in [0.2, 0.25) is 5.02 Å². The molecule has 0 saturated carbocycles. The Hall–Kier alpha value is -3.65. The molecule has 1 N–H and O–H groups in total. The van der Waals surface area contributed by atoms with Gasteiger partial charge in [-0.3, -0.25) is 13.9 Å². The third-order valence-electron chi connectivity index (χ3n) is 5.09. The number of benzene rings is 2. The molecule has 0 aliphatic rings. The van der Waals surface area contributed by atoms with E-state index >= 15 is 0 Å². The number of hydrazone groups is 1. The van der Waals surface area contributed by atoms with Crippen molar-refractivity contribution < 1.29 is 0 Å². The molecule has 4 aromatic rings. The summed E-state index contributed by atoms with van der Waals surface area (Å²) in [6.07, 6.45) is 2.27. The highest BCUT2D eigenvalue weighted by Crippen LogP contribution is 2.17. The fourth-order valence-corrected chi connectivity index (χ4v) is 3.56. The van der Waals surface area contributed by atoms with Crippen LogP contribution in [0, 0.1) is 0 Å². The van der Waals surface area contributed by atoms with Crippen molar-refractivity contribution in [1.29, 1.82) is 0 Å². The van der Waals surface area contributed by atoms with E-state index in [0.717, 1.165) is 15.7 Å². The Morgan fingerprint density at radius 3 is 2.48 bits per heavy atom. The van der Waals surface area contributed by atoms with E-state index in [4.69, 9.17) is 11.6 Å². The fourth-order valence-electron chi connectivity index (χ4n) is 3.37. The van der Waals surface area contributed by atoms with Crippen molar-refractivity contribution >= 4 is 34.9 Å². The molecule has 0 atom stereocenters. The molecule has 0 bridgehead atoms. The Morgan fingerprint density at radius 2 is 1.74 bits per heavy atom. The fraction of sp³-hybridized carbons (Fsp3) is 0.182. The average molecular weight is 437 g/mol. The second kappa shape index (κ2) is 8.61. The van der Waals surface area contributed by atoms with Crippen LogP contribution in [-0.4, -0.2) is 24.9 Å². The number of hydrogen-bond acceptors (Lipinski definition) is 5. The molecular weight excluding hydrogens is 416 g/mol. The zero-order valence-corrected chi connectivity index (χ0v) is 17.9. The molecule has 0 radical (unpaired) electrons. The van der Waals surface area contributed by atoms with Crippen LogP contribution in [0.3, 0.4) is 0 Å². The van der Waals surface area contributed by atoms with Crippen LogP contribution in [0.25, 0.3) is 11.2 Å². The van der Waals surface area contributed by atoms with E-state index < -0.39 is 11.2 Å². The lowest BCUT2D eigenvalue weighted by atomic mass is 10.1. The van der Waals surface area contributed by atoms with Gasteiger partial charge in [-0.15, -0.1) is 0 Å². The van der Waals surface area contributed by atoms with Crippen LogP contribution < -0.4 is 16.7 Å². The number of nitrogens with zero attached hydrogens (tertiary/aromatic N) is 5. The zero-order chi connectivity index (χ0) is 22.0. The van der Waals surface area contributed by atoms with E-state index in [0.29, 0.717) is 35.1 Å². The van der Waals surface area contributed by atoms with Gasteiger partial charge in [-0.25, -0.2) is 10.2 Å². The second-order valence-corrected chi connectivity index (χ2v) is 7.50. The highest BCUT2D eigenvalue weighted by atomic mass is 35.5. The molecule has 2 aromatic carbocycles. The van der Waals surface area contributed by atoms with Crippen molar-refractivity contribution in [2.75, 3.05) is 5.43 Å². The first-order chi connectivity index (χ1) is 15.0. The predicted octanol–water partition coefficient (Wildman–Crippen LogP) is 2.78. The minimum Gasteiger partial charge on any atom is -0.303 e. The van der Waals surface area contributed by atoms with Gasteiger partial charge in [0, 0.05) is 31.2 Å². The summed E-state index contributed by atoms with van der Waals surface area (Å²) in [5, 5.41) is 4.82. The molecule has 31 heavy (non-hydrogen) atoms. The van der Waals surface area contributed by atoms with Gasteiger partial charge in [-0.1, -0.05) is 60.1 Å². The average Bonchev–Trinajstić information content (AvgIpc) is 3.15. The number of aryl methyl sites for hydroxylation is 3. The van der Waals surface area contributed by atoms with Crippen LogP contribution in [0.1, 0.15) is 11.1 Å². The topological polar surface area (TPSA) is 86.2 Å². The van der Waals surface area contributed by atoms with Crippen molar-refractivity contribution in [1.82, 2.24) is 18.7 Å². The number of anilines is 1. The third-order valence-corrected chi connectivity index (χ3v) is 5.43. The summed E-state index contributed by atoms with van der Waals surface area (Å²) in [6, 6.07) is 17.3. The Labute approximate surface area is 183 Å². The molecule has 0 aliphatic carbocycles. The normalized spacial score (nSPS) is 11.5. The van der Waals surface area contributed by atoms with Crippen LogP contribution in [0.5, 0.6) is 0 Å². The molecule has 0 fully saturated rings.